The molecule has 1 aromatic heterocycles. The first kappa shape index (κ1) is 12.1. The third-order valence-electron chi connectivity index (χ3n) is 3.09. The van der Waals surface area contributed by atoms with Gasteiger partial charge in [-0.3, -0.25) is 0 Å². The molecule has 0 saturated heterocycles. The molecular weight excluding hydrogens is 246 g/mol. The highest BCUT2D eigenvalue weighted by atomic mass is 28.3. The minimum atomic E-state index is -1.31. The fourth-order valence-electron chi connectivity index (χ4n) is 2.19. The highest BCUT2D eigenvalue weighted by molar-refractivity contribution is 6.83. The molecule has 0 fully saturated rings. The highest BCUT2D eigenvalue weighted by Crippen LogP contribution is 2.25. The molecule has 0 unspecified atom stereocenters. The van der Waals surface area contributed by atoms with Gasteiger partial charge >= 0.3 is 0 Å². The predicted octanol–water partition coefficient (Wildman–Crippen LogP) is 4.55. The number of aromatic amines is 1. The average Bonchev–Trinajstić information content (AvgIpc) is 2.73. The van der Waals surface area contributed by atoms with Gasteiger partial charge in [0.1, 0.15) is 8.07 Å². The summed E-state index contributed by atoms with van der Waals surface area (Å²) >= 11 is 0. The van der Waals surface area contributed by atoms with Gasteiger partial charge in [0.2, 0.25) is 0 Å². The lowest BCUT2D eigenvalue weighted by Crippen LogP contribution is -2.16. The van der Waals surface area contributed by atoms with Crippen molar-refractivity contribution in [1.29, 1.82) is 0 Å². The summed E-state index contributed by atoms with van der Waals surface area (Å²) < 4.78 is 0. The Labute approximate surface area is 114 Å². The van der Waals surface area contributed by atoms with Crippen molar-refractivity contribution in [3.05, 3.63) is 48.0 Å². The standard InChI is InChI=1S/C17H17NSi/c1-19(2,3)11-10-13-8-9-17-15(12-13)14-6-4-5-7-16(14)18-17/h4-9,12,18H,1-3H3. The number of para-hydroxylation sites is 1. The molecule has 0 amide bonds. The molecule has 19 heavy (non-hydrogen) atoms. The van der Waals surface area contributed by atoms with Gasteiger partial charge in [0.25, 0.3) is 0 Å². The van der Waals surface area contributed by atoms with Crippen LogP contribution in [0.5, 0.6) is 0 Å². The van der Waals surface area contributed by atoms with Gasteiger partial charge in [-0.1, -0.05) is 43.8 Å². The number of aromatic nitrogens is 1. The summed E-state index contributed by atoms with van der Waals surface area (Å²) in [5.74, 6) is 3.33. The molecule has 94 valence electrons. The Bertz CT molecular complexity index is 810. The van der Waals surface area contributed by atoms with Crippen molar-refractivity contribution in [3.63, 3.8) is 0 Å². The van der Waals surface area contributed by atoms with E-state index in [1.807, 2.05) is 0 Å². The molecule has 2 aromatic carbocycles. The zero-order valence-electron chi connectivity index (χ0n) is 11.5. The fraction of sp³-hybridized carbons (Fsp3) is 0.176. The molecule has 0 aliphatic rings. The summed E-state index contributed by atoms with van der Waals surface area (Å²) in [6.45, 7) is 6.80. The van der Waals surface area contributed by atoms with Gasteiger partial charge in [-0.05, 0) is 24.3 Å². The molecule has 0 aliphatic carbocycles. The maximum Gasteiger partial charge on any atom is 0.129 e. The van der Waals surface area contributed by atoms with Crippen LogP contribution in [0.1, 0.15) is 5.56 Å². The van der Waals surface area contributed by atoms with Crippen molar-refractivity contribution in [1.82, 2.24) is 4.98 Å². The van der Waals surface area contributed by atoms with E-state index in [2.05, 4.69) is 78.6 Å². The first-order chi connectivity index (χ1) is 9.03. The molecule has 0 atom stereocenters. The second-order valence-corrected chi connectivity index (χ2v) is 10.7. The fourth-order valence-corrected chi connectivity index (χ4v) is 2.70. The maximum atomic E-state index is 3.44. The summed E-state index contributed by atoms with van der Waals surface area (Å²) in [4.78, 5) is 3.44. The van der Waals surface area contributed by atoms with E-state index < -0.39 is 8.07 Å². The molecule has 0 spiro atoms. The van der Waals surface area contributed by atoms with Crippen LogP contribution in [0.15, 0.2) is 42.5 Å². The molecular formula is C17H17NSi. The first-order valence-electron chi connectivity index (χ1n) is 6.57. The van der Waals surface area contributed by atoms with E-state index in [9.17, 15) is 0 Å². The monoisotopic (exact) mass is 263 g/mol. The molecule has 3 aromatic rings. The lowest BCUT2D eigenvalue weighted by Gasteiger charge is -2.03. The largest absolute Gasteiger partial charge is 0.355 e. The quantitative estimate of drug-likeness (QED) is 0.452. The Morgan fingerprint density at radius 2 is 1.63 bits per heavy atom. The van der Waals surface area contributed by atoms with E-state index in [-0.39, 0.29) is 0 Å². The van der Waals surface area contributed by atoms with Crippen LogP contribution >= 0.6 is 0 Å². The van der Waals surface area contributed by atoms with Crippen LogP contribution in [0.2, 0.25) is 19.6 Å². The lowest BCUT2D eigenvalue weighted by molar-refractivity contribution is 1.54. The minimum Gasteiger partial charge on any atom is -0.355 e. The summed E-state index contributed by atoms with van der Waals surface area (Å²) in [6, 6.07) is 14.8. The molecule has 0 saturated carbocycles. The van der Waals surface area contributed by atoms with E-state index in [0.29, 0.717) is 0 Å². The zero-order chi connectivity index (χ0) is 13.5. The van der Waals surface area contributed by atoms with Crippen molar-refractivity contribution in [2.45, 2.75) is 19.6 Å². The molecule has 2 heteroatoms. The Kier molecular flexibility index (Phi) is 2.73. The molecule has 1 N–H and O–H groups in total. The van der Waals surface area contributed by atoms with Gasteiger partial charge in [-0.15, -0.1) is 5.54 Å². The average molecular weight is 263 g/mol. The van der Waals surface area contributed by atoms with Crippen molar-refractivity contribution < 1.29 is 0 Å². The van der Waals surface area contributed by atoms with Crippen LogP contribution in [0.25, 0.3) is 21.8 Å². The summed E-state index contributed by atoms with van der Waals surface area (Å²) in [5, 5.41) is 2.53. The Morgan fingerprint density at radius 3 is 2.42 bits per heavy atom. The van der Waals surface area contributed by atoms with Crippen molar-refractivity contribution in [2.24, 2.45) is 0 Å². The lowest BCUT2D eigenvalue weighted by atomic mass is 10.1. The molecule has 1 nitrogen and oxygen atoms in total. The second kappa shape index (κ2) is 4.29. The van der Waals surface area contributed by atoms with Gasteiger partial charge in [0, 0.05) is 27.4 Å². The smallest absolute Gasteiger partial charge is 0.129 e. The van der Waals surface area contributed by atoms with Crippen molar-refractivity contribution >= 4 is 29.9 Å². The topological polar surface area (TPSA) is 15.8 Å². The molecule has 0 bridgehead atoms. The van der Waals surface area contributed by atoms with E-state index in [0.717, 1.165) is 5.56 Å². The number of nitrogens with one attached hydrogen (secondary N) is 1. The first-order valence-corrected chi connectivity index (χ1v) is 10.1. The third-order valence-corrected chi connectivity index (χ3v) is 3.96. The second-order valence-electron chi connectivity index (χ2n) is 5.93. The normalized spacial score (nSPS) is 11.5. The Balaban J connectivity index is 2.19. The van der Waals surface area contributed by atoms with Crippen LogP contribution in [-0.4, -0.2) is 13.1 Å². The Hall–Kier alpha value is -1.98. The van der Waals surface area contributed by atoms with E-state index in [4.69, 9.17) is 0 Å². The minimum absolute atomic E-state index is 1.11. The van der Waals surface area contributed by atoms with Gasteiger partial charge in [-0.2, -0.15) is 0 Å². The van der Waals surface area contributed by atoms with Crippen LogP contribution in [0.4, 0.5) is 0 Å². The summed E-state index contributed by atoms with van der Waals surface area (Å²) in [7, 11) is -1.31. The molecule has 0 radical (unpaired) electrons. The molecule has 1 heterocycles. The van der Waals surface area contributed by atoms with Crippen LogP contribution in [0.3, 0.4) is 0 Å². The Morgan fingerprint density at radius 1 is 0.895 bits per heavy atom. The number of rotatable bonds is 0. The maximum absolute atomic E-state index is 3.44. The third kappa shape index (κ3) is 2.43. The van der Waals surface area contributed by atoms with E-state index in [1.165, 1.54) is 21.8 Å². The summed E-state index contributed by atoms with van der Waals surface area (Å²) in [5.41, 5.74) is 6.90. The highest BCUT2D eigenvalue weighted by Gasteiger charge is 2.08. The van der Waals surface area contributed by atoms with Gasteiger partial charge in [-0.25, -0.2) is 0 Å². The van der Waals surface area contributed by atoms with Gasteiger partial charge in [0.05, 0.1) is 0 Å². The van der Waals surface area contributed by atoms with Crippen LogP contribution in [0, 0.1) is 11.5 Å². The van der Waals surface area contributed by atoms with Crippen LogP contribution in [-0.2, 0) is 0 Å². The van der Waals surface area contributed by atoms with E-state index in [1.54, 1.807) is 0 Å². The van der Waals surface area contributed by atoms with Crippen LogP contribution < -0.4 is 0 Å². The molecule has 0 aliphatic heterocycles. The molecule has 3 rings (SSSR count). The number of hydrogen-bond donors (Lipinski definition) is 1. The van der Waals surface area contributed by atoms with E-state index >= 15 is 0 Å². The van der Waals surface area contributed by atoms with Gasteiger partial charge in [0.15, 0.2) is 0 Å². The van der Waals surface area contributed by atoms with Crippen molar-refractivity contribution in [3.8, 4) is 11.5 Å². The number of benzene rings is 2. The predicted molar refractivity (Wildman–Crippen MR) is 86.0 cm³/mol. The summed E-state index contributed by atoms with van der Waals surface area (Å²) in [6.07, 6.45) is 0. The van der Waals surface area contributed by atoms with Crippen molar-refractivity contribution in [2.75, 3.05) is 0 Å². The number of hydrogen-bond acceptors (Lipinski definition) is 0. The number of H-pyrrole nitrogens is 1. The SMILES string of the molecule is C[Si](C)(C)C#Cc1ccc2[nH]c3ccccc3c2c1. The number of fused-ring (bicyclic) bond motifs is 3. The zero-order valence-corrected chi connectivity index (χ0v) is 12.5. The van der Waals surface area contributed by atoms with Gasteiger partial charge < -0.3 is 4.98 Å².